The van der Waals surface area contributed by atoms with Crippen LogP contribution in [0.25, 0.3) is 0 Å². The maximum Gasteiger partial charge on any atom is 0.274 e. The lowest BCUT2D eigenvalue weighted by atomic mass is 10.1. The zero-order chi connectivity index (χ0) is 19.9. The second-order valence-electron chi connectivity index (χ2n) is 6.48. The van der Waals surface area contributed by atoms with Gasteiger partial charge in [-0.25, -0.2) is 4.98 Å². The van der Waals surface area contributed by atoms with Gasteiger partial charge in [0.25, 0.3) is 5.91 Å². The largest absolute Gasteiger partial charge is 0.380 e. The Kier molecular flexibility index (Phi) is 6.01. The van der Waals surface area contributed by atoms with Crippen molar-refractivity contribution in [3.8, 4) is 0 Å². The molecular weight excluding hydrogens is 352 g/mol. The van der Waals surface area contributed by atoms with Crippen molar-refractivity contribution in [1.29, 1.82) is 0 Å². The molecule has 0 aliphatic carbocycles. The number of carbonyl (C=O) groups is 2. The summed E-state index contributed by atoms with van der Waals surface area (Å²) < 4.78 is 0. The number of hydrogen-bond donors (Lipinski definition) is 3. The molecule has 0 bridgehead atoms. The molecular formula is C22H22N4O2. The molecule has 0 saturated heterocycles. The molecule has 2 aromatic carbocycles. The van der Waals surface area contributed by atoms with Crippen LogP contribution in [0.5, 0.6) is 0 Å². The fourth-order valence-corrected chi connectivity index (χ4v) is 2.58. The van der Waals surface area contributed by atoms with E-state index in [2.05, 4.69) is 52.1 Å². The molecule has 3 N–H and O–H groups in total. The molecule has 6 nitrogen and oxygen atoms in total. The SMILES string of the molecule is CC(=O)Nc1ccc(NC(=O)c2ccc(NCc3ccc(C)cc3)cn2)cc1. The van der Waals surface area contributed by atoms with E-state index in [1.807, 2.05) is 6.07 Å². The zero-order valence-electron chi connectivity index (χ0n) is 15.8. The number of nitrogens with zero attached hydrogens (tertiary/aromatic N) is 1. The van der Waals surface area contributed by atoms with Crippen LogP contribution < -0.4 is 16.0 Å². The smallest absolute Gasteiger partial charge is 0.274 e. The summed E-state index contributed by atoms with van der Waals surface area (Å²) in [5.41, 5.74) is 4.87. The minimum atomic E-state index is -0.294. The van der Waals surface area contributed by atoms with Gasteiger partial charge in [0.05, 0.1) is 11.9 Å². The number of amides is 2. The van der Waals surface area contributed by atoms with Gasteiger partial charge in [-0.15, -0.1) is 0 Å². The molecule has 0 atom stereocenters. The molecule has 28 heavy (non-hydrogen) atoms. The van der Waals surface area contributed by atoms with Crippen molar-refractivity contribution in [2.75, 3.05) is 16.0 Å². The van der Waals surface area contributed by atoms with Crippen molar-refractivity contribution in [1.82, 2.24) is 4.98 Å². The number of carbonyl (C=O) groups excluding carboxylic acids is 2. The van der Waals surface area contributed by atoms with E-state index < -0.39 is 0 Å². The topological polar surface area (TPSA) is 83.1 Å². The first-order valence-electron chi connectivity index (χ1n) is 8.94. The maximum absolute atomic E-state index is 12.3. The van der Waals surface area contributed by atoms with Crippen LogP contribution in [0.15, 0.2) is 66.9 Å². The third-order valence-corrected chi connectivity index (χ3v) is 4.08. The number of hydrogen-bond acceptors (Lipinski definition) is 4. The van der Waals surface area contributed by atoms with E-state index in [1.54, 1.807) is 36.5 Å². The van der Waals surface area contributed by atoms with Crippen molar-refractivity contribution in [2.45, 2.75) is 20.4 Å². The molecule has 1 aromatic heterocycles. The average molecular weight is 374 g/mol. The standard InChI is InChI=1S/C22H22N4O2/c1-15-3-5-17(6-4-15)13-23-20-11-12-21(24-14-20)22(28)26-19-9-7-18(8-10-19)25-16(2)27/h3-12,14,23H,13H2,1-2H3,(H,25,27)(H,26,28). The molecule has 2 amide bonds. The van der Waals surface area contributed by atoms with E-state index in [0.29, 0.717) is 23.6 Å². The lowest BCUT2D eigenvalue weighted by molar-refractivity contribution is -0.114. The van der Waals surface area contributed by atoms with E-state index in [4.69, 9.17) is 0 Å². The van der Waals surface area contributed by atoms with E-state index in [9.17, 15) is 9.59 Å². The number of anilines is 3. The second-order valence-corrected chi connectivity index (χ2v) is 6.48. The zero-order valence-corrected chi connectivity index (χ0v) is 15.8. The normalized spacial score (nSPS) is 10.2. The number of rotatable bonds is 6. The fraction of sp³-hybridized carbons (Fsp3) is 0.136. The Morgan fingerprint density at radius 3 is 2.00 bits per heavy atom. The van der Waals surface area contributed by atoms with Crippen LogP contribution in [0.4, 0.5) is 17.1 Å². The van der Waals surface area contributed by atoms with E-state index in [0.717, 1.165) is 5.69 Å². The van der Waals surface area contributed by atoms with Gasteiger partial charge in [-0.3, -0.25) is 9.59 Å². The van der Waals surface area contributed by atoms with Gasteiger partial charge in [-0.2, -0.15) is 0 Å². The van der Waals surface area contributed by atoms with Gasteiger partial charge >= 0.3 is 0 Å². The minimum Gasteiger partial charge on any atom is -0.380 e. The molecule has 0 radical (unpaired) electrons. The van der Waals surface area contributed by atoms with Crippen LogP contribution in [0.1, 0.15) is 28.5 Å². The Labute approximate surface area is 164 Å². The van der Waals surface area contributed by atoms with Crippen LogP contribution in [0, 0.1) is 6.92 Å². The third kappa shape index (κ3) is 5.41. The quantitative estimate of drug-likeness (QED) is 0.603. The molecule has 3 aromatic rings. The first kappa shape index (κ1) is 19.1. The van der Waals surface area contributed by atoms with Gasteiger partial charge in [0.2, 0.25) is 5.91 Å². The summed E-state index contributed by atoms with van der Waals surface area (Å²) in [5, 5.41) is 8.75. The predicted octanol–water partition coefficient (Wildman–Crippen LogP) is 4.21. The summed E-state index contributed by atoms with van der Waals surface area (Å²) in [7, 11) is 0. The molecule has 0 fully saturated rings. The van der Waals surface area contributed by atoms with Crippen LogP contribution >= 0.6 is 0 Å². The minimum absolute atomic E-state index is 0.142. The van der Waals surface area contributed by atoms with Gasteiger partial charge in [-0.1, -0.05) is 29.8 Å². The molecule has 6 heteroatoms. The van der Waals surface area contributed by atoms with E-state index in [1.165, 1.54) is 18.1 Å². The second kappa shape index (κ2) is 8.81. The van der Waals surface area contributed by atoms with Gasteiger partial charge < -0.3 is 16.0 Å². The van der Waals surface area contributed by atoms with Crippen molar-refractivity contribution < 1.29 is 9.59 Å². The summed E-state index contributed by atoms with van der Waals surface area (Å²) in [6.07, 6.45) is 1.64. The number of aryl methyl sites for hydroxylation is 1. The highest BCUT2D eigenvalue weighted by molar-refractivity contribution is 6.03. The lowest BCUT2D eigenvalue weighted by Gasteiger charge is -2.09. The summed E-state index contributed by atoms with van der Waals surface area (Å²) in [6.45, 7) is 4.19. The first-order chi connectivity index (χ1) is 13.5. The molecule has 0 aliphatic heterocycles. The molecule has 3 rings (SSSR count). The van der Waals surface area contributed by atoms with Crippen molar-refractivity contribution in [3.63, 3.8) is 0 Å². The third-order valence-electron chi connectivity index (χ3n) is 4.08. The van der Waals surface area contributed by atoms with Crippen molar-refractivity contribution in [3.05, 3.63) is 83.7 Å². The number of benzene rings is 2. The molecule has 0 aliphatic rings. The summed E-state index contributed by atoms with van der Waals surface area (Å²) in [4.78, 5) is 27.6. The Bertz CT molecular complexity index is 949. The molecule has 0 saturated carbocycles. The molecule has 0 spiro atoms. The Morgan fingerprint density at radius 2 is 1.43 bits per heavy atom. The number of nitrogens with one attached hydrogen (secondary N) is 3. The number of pyridine rings is 1. The monoisotopic (exact) mass is 374 g/mol. The molecule has 142 valence electrons. The van der Waals surface area contributed by atoms with Gasteiger partial charge in [0.15, 0.2) is 0 Å². The fourth-order valence-electron chi connectivity index (χ4n) is 2.58. The Balaban J connectivity index is 1.55. The van der Waals surface area contributed by atoms with Crippen LogP contribution in [-0.2, 0) is 11.3 Å². The van der Waals surface area contributed by atoms with E-state index in [-0.39, 0.29) is 11.8 Å². The summed E-state index contributed by atoms with van der Waals surface area (Å²) in [6, 6.07) is 18.7. The van der Waals surface area contributed by atoms with Crippen molar-refractivity contribution in [2.24, 2.45) is 0 Å². The Morgan fingerprint density at radius 1 is 0.821 bits per heavy atom. The molecule has 1 heterocycles. The van der Waals surface area contributed by atoms with Gasteiger partial charge in [0.1, 0.15) is 5.69 Å². The predicted molar refractivity (Wildman–Crippen MR) is 111 cm³/mol. The number of aromatic nitrogens is 1. The summed E-state index contributed by atoms with van der Waals surface area (Å²) >= 11 is 0. The first-order valence-corrected chi connectivity index (χ1v) is 8.94. The van der Waals surface area contributed by atoms with Crippen LogP contribution in [0.3, 0.4) is 0 Å². The maximum atomic E-state index is 12.3. The molecule has 0 unspecified atom stereocenters. The highest BCUT2D eigenvalue weighted by Crippen LogP contribution is 2.15. The van der Waals surface area contributed by atoms with Crippen LogP contribution in [-0.4, -0.2) is 16.8 Å². The van der Waals surface area contributed by atoms with E-state index >= 15 is 0 Å². The van der Waals surface area contributed by atoms with Gasteiger partial charge in [0, 0.05) is 24.8 Å². The highest BCUT2D eigenvalue weighted by Gasteiger charge is 2.08. The van der Waals surface area contributed by atoms with Crippen LogP contribution in [0.2, 0.25) is 0 Å². The van der Waals surface area contributed by atoms with Crippen molar-refractivity contribution >= 4 is 28.9 Å². The summed E-state index contributed by atoms with van der Waals surface area (Å²) in [5.74, 6) is -0.436. The highest BCUT2D eigenvalue weighted by atomic mass is 16.2. The Hall–Kier alpha value is -3.67. The average Bonchev–Trinajstić information content (AvgIpc) is 2.69. The lowest BCUT2D eigenvalue weighted by Crippen LogP contribution is -2.14. The van der Waals surface area contributed by atoms with Gasteiger partial charge in [-0.05, 0) is 48.9 Å².